The maximum atomic E-state index is 11.9. The number of amides is 1. The molecule has 0 atom stereocenters. The van der Waals surface area contributed by atoms with Crippen molar-refractivity contribution in [1.82, 2.24) is 5.48 Å². The number of aromatic hydroxyl groups is 1. The molecule has 0 aliphatic heterocycles. The second-order valence-corrected chi connectivity index (χ2v) is 4.85. The van der Waals surface area contributed by atoms with Gasteiger partial charge in [0.1, 0.15) is 5.75 Å². The lowest BCUT2D eigenvalue weighted by molar-refractivity contribution is 0.0207. The van der Waals surface area contributed by atoms with Gasteiger partial charge in [-0.25, -0.2) is 5.48 Å². The first-order chi connectivity index (χ1) is 9.08. The van der Waals surface area contributed by atoms with Crippen molar-refractivity contribution < 1.29 is 14.7 Å². The predicted molar refractivity (Wildman–Crippen MR) is 73.9 cm³/mol. The van der Waals surface area contributed by atoms with Crippen LogP contribution in [0.5, 0.6) is 5.75 Å². The SMILES string of the molecule is CC(C)CONC(=O)c1cc2ccccc2cc1O. The molecule has 19 heavy (non-hydrogen) atoms. The lowest BCUT2D eigenvalue weighted by atomic mass is 10.1. The second-order valence-electron chi connectivity index (χ2n) is 4.85. The van der Waals surface area contributed by atoms with Gasteiger partial charge in [-0.2, -0.15) is 0 Å². The van der Waals surface area contributed by atoms with Crippen LogP contribution < -0.4 is 5.48 Å². The normalized spacial score (nSPS) is 10.9. The number of benzene rings is 2. The van der Waals surface area contributed by atoms with E-state index in [9.17, 15) is 9.90 Å². The van der Waals surface area contributed by atoms with Crippen LogP contribution >= 0.6 is 0 Å². The van der Waals surface area contributed by atoms with Crippen LogP contribution in [0.4, 0.5) is 0 Å². The zero-order chi connectivity index (χ0) is 13.8. The smallest absolute Gasteiger partial charge is 0.278 e. The summed E-state index contributed by atoms with van der Waals surface area (Å²) in [6, 6.07) is 10.8. The van der Waals surface area contributed by atoms with E-state index in [4.69, 9.17) is 4.84 Å². The molecular weight excluding hydrogens is 242 g/mol. The van der Waals surface area contributed by atoms with Gasteiger partial charge in [-0.05, 0) is 28.8 Å². The highest BCUT2D eigenvalue weighted by Crippen LogP contribution is 2.24. The molecule has 0 aliphatic carbocycles. The molecule has 0 aliphatic rings. The van der Waals surface area contributed by atoms with E-state index in [1.54, 1.807) is 12.1 Å². The van der Waals surface area contributed by atoms with E-state index in [2.05, 4.69) is 5.48 Å². The number of hydrogen-bond donors (Lipinski definition) is 2. The zero-order valence-corrected chi connectivity index (χ0v) is 11.0. The van der Waals surface area contributed by atoms with E-state index >= 15 is 0 Å². The predicted octanol–water partition coefficient (Wildman–Crippen LogP) is 2.86. The molecule has 4 heteroatoms. The number of fused-ring (bicyclic) bond motifs is 1. The van der Waals surface area contributed by atoms with Crippen LogP contribution in [0.2, 0.25) is 0 Å². The molecule has 2 aromatic carbocycles. The second kappa shape index (κ2) is 5.71. The minimum absolute atomic E-state index is 0.0515. The molecule has 1 amide bonds. The highest BCUT2D eigenvalue weighted by Gasteiger charge is 2.12. The highest BCUT2D eigenvalue weighted by molar-refractivity contribution is 6.01. The molecule has 0 spiro atoms. The summed E-state index contributed by atoms with van der Waals surface area (Å²) >= 11 is 0. The molecule has 0 fully saturated rings. The van der Waals surface area contributed by atoms with Crippen LogP contribution in [-0.2, 0) is 4.84 Å². The average Bonchev–Trinajstić information content (AvgIpc) is 2.37. The third-order valence-corrected chi connectivity index (χ3v) is 2.69. The molecule has 0 bridgehead atoms. The number of phenols is 1. The zero-order valence-electron chi connectivity index (χ0n) is 11.0. The minimum Gasteiger partial charge on any atom is -0.507 e. The number of nitrogens with one attached hydrogen (secondary N) is 1. The Labute approximate surface area is 112 Å². The molecule has 0 saturated carbocycles. The maximum absolute atomic E-state index is 11.9. The van der Waals surface area contributed by atoms with Crippen molar-refractivity contribution in [3.63, 3.8) is 0 Å². The number of phenolic OH excluding ortho intramolecular Hbond substituents is 1. The van der Waals surface area contributed by atoms with Crippen molar-refractivity contribution in [3.8, 4) is 5.75 Å². The summed E-state index contributed by atoms with van der Waals surface area (Å²) in [5.41, 5.74) is 2.55. The first-order valence-corrected chi connectivity index (χ1v) is 6.22. The van der Waals surface area contributed by atoms with Crippen molar-refractivity contribution >= 4 is 16.7 Å². The van der Waals surface area contributed by atoms with E-state index in [1.165, 1.54) is 0 Å². The monoisotopic (exact) mass is 259 g/mol. The van der Waals surface area contributed by atoms with Crippen molar-refractivity contribution in [2.24, 2.45) is 5.92 Å². The molecule has 0 aromatic heterocycles. The third-order valence-electron chi connectivity index (χ3n) is 2.69. The Balaban J connectivity index is 2.19. The Hall–Kier alpha value is -2.07. The Morgan fingerprint density at radius 1 is 1.26 bits per heavy atom. The van der Waals surface area contributed by atoms with Crippen LogP contribution in [0.1, 0.15) is 24.2 Å². The summed E-state index contributed by atoms with van der Waals surface area (Å²) in [4.78, 5) is 17.0. The van der Waals surface area contributed by atoms with E-state index in [0.717, 1.165) is 10.8 Å². The van der Waals surface area contributed by atoms with Crippen LogP contribution in [0.3, 0.4) is 0 Å². The number of rotatable bonds is 4. The van der Waals surface area contributed by atoms with Crippen molar-refractivity contribution in [3.05, 3.63) is 42.0 Å². The van der Waals surface area contributed by atoms with Gasteiger partial charge < -0.3 is 5.11 Å². The number of carbonyl (C=O) groups is 1. The largest absolute Gasteiger partial charge is 0.507 e. The summed E-state index contributed by atoms with van der Waals surface area (Å²) in [5.74, 6) is -0.168. The molecule has 4 nitrogen and oxygen atoms in total. The maximum Gasteiger partial charge on any atom is 0.278 e. The summed E-state index contributed by atoms with van der Waals surface area (Å²) < 4.78 is 0. The third kappa shape index (κ3) is 3.23. The fraction of sp³-hybridized carbons (Fsp3) is 0.267. The van der Waals surface area contributed by atoms with E-state index in [0.29, 0.717) is 12.5 Å². The van der Waals surface area contributed by atoms with E-state index in [1.807, 2.05) is 38.1 Å². The van der Waals surface area contributed by atoms with Crippen LogP contribution in [0, 0.1) is 5.92 Å². The van der Waals surface area contributed by atoms with Crippen LogP contribution in [0.15, 0.2) is 36.4 Å². The standard InChI is InChI=1S/C15H17NO3/c1-10(2)9-19-16-15(18)13-7-11-5-3-4-6-12(11)8-14(13)17/h3-8,10,17H,9H2,1-2H3,(H,16,18). The van der Waals surface area contributed by atoms with Gasteiger partial charge in [-0.3, -0.25) is 9.63 Å². The summed E-state index contributed by atoms with van der Waals surface area (Å²) in [6.07, 6.45) is 0. The summed E-state index contributed by atoms with van der Waals surface area (Å²) in [7, 11) is 0. The molecule has 0 heterocycles. The molecular formula is C15H17NO3. The summed E-state index contributed by atoms with van der Waals surface area (Å²) in [6.45, 7) is 4.40. The highest BCUT2D eigenvalue weighted by atomic mass is 16.6. The molecule has 0 unspecified atom stereocenters. The number of carbonyl (C=O) groups excluding carboxylic acids is 1. The van der Waals surface area contributed by atoms with Gasteiger partial charge in [0.2, 0.25) is 0 Å². The number of hydrogen-bond acceptors (Lipinski definition) is 3. The quantitative estimate of drug-likeness (QED) is 0.830. The van der Waals surface area contributed by atoms with Gasteiger partial charge in [0.25, 0.3) is 5.91 Å². The molecule has 100 valence electrons. The molecule has 0 radical (unpaired) electrons. The lowest BCUT2D eigenvalue weighted by Gasteiger charge is -2.09. The minimum atomic E-state index is -0.441. The molecule has 2 rings (SSSR count). The Morgan fingerprint density at radius 3 is 2.53 bits per heavy atom. The number of hydroxylamine groups is 1. The topological polar surface area (TPSA) is 58.6 Å². The summed E-state index contributed by atoms with van der Waals surface area (Å²) in [5, 5.41) is 11.7. The fourth-order valence-electron chi connectivity index (χ4n) is 1.74. The first-order valence-electron chi connectivity index (χ1n) is 6.22. The lowest BCUT2D eigenvalue weighted by Crippen LogP contribution is -2.25. The molecule has 2 N–H and O–H groups in total. The molecule has 0 saturated heterocycles. The van der Waals surface area contributed by atoms with Crippen LogP contribution in [0.25, 0.3) is 10.8 Å². The Kier molecular flexibility index (Phi) is 4.02. The van der Waals surface area contributed by atoms with E-state index in [-0.39, 0.29) is 11.3 Å². The van der Waals surface area contributed by atoms with Crippen molar-refractivity contribution in [1.29, 1.82) is 0 Å². The van der Waals surface area contributed by atoms with E-state index < -0.39 is 5.91 Å². The van der Waals surface area contributed by atoms with Crippen molar-refractivity contribution in [2.75, 3.05) is 6.61 Å². The Bertz CT molecular complexity index is 593. The fourth-order valence-corrected chi connectivity index (χ4v) is 1.74. The van der Waals surface area contributed by atoms with Gasteiger partial charge in [0.05, 0.1) is 12.2 Å². The van der Waals surface area contributed by atoms with Crippen molar-refractivity contribution in [2.45, 2.75) is 13.8 Å². The van der Waals surface area contributed by atoms with Gasteiger partial charge in [-0.15, -0.1) is 0 Å². The average molecular weight is 259 g/mol. The molecule has 2 aromatic rings. The van der Waals surface area contributed by atoms with Gasteiger partial charge >= 0.3 is 0 Å². The van der Waals surface area contributed by atoms with Crippen LogP contribution in [-0.4, -0.2) is 17.6 Å². The van der Waals surface area contributed by atoms with Gasteiger partial charge in [0.15, 0.2) is 0 Å². The first kappa shape index (κ1) is 13.4. The van der Waals surface area contributed by atoms with Gasteiger partial charge in [-0.1, -0.05) is 38.1 Å². The Morgan fingerprint density at radius 2 is 1.89 bits per heavy atom. The van der Waals surface area contributed by atoms with Gasteiger partial charge in [0, 0.05) is 0 Å².